The first-order chi connectivity index (χ1) is 11.9. The van der Waals surface area contributed by atoms with Gasteiger partial charge < -0.3 is 20.5 Å². The Labute approximate surface area is 144 Å². The average molecular weight is 352 g/mol. The van der Waals surface area contributed by atoms with E-state index in [9.17, 15) is 18.8 Å². The van der Waals surface area contributed by atoms with Crippen molar-refractivity contribution in [2.45, 2.75) is 38.1 Å². The Kier molecular flexibility index (Phi) is 6.32. The first kappa shape index (κ1) is 18.7. The van der Waals surface area contributed by atoms with Gasteiger partial charge in [0.1, 0.15) is 5.82 Å². The van der Waals surface area contributed by atoms with Gasteiger partial charge in [-0.05, 0) is 43.4 Å². The molecule has 0 heterocycles. The highest BCUT2D eigenvalue weighted by atomic mass is 19.1. The molecule has 7 nitrogen and oxygen atoms in total. The maximum absolute atomic E-state index is 13.9. The van der Waals surface area contributed by atoms with Crippen LogP contribution in [0.3, 0.4) is 0 Å². The number of hydrogen-bond acceptors (Lipinski definition) is 4. The quantitative estimate of drug-likeness (QED) is 0.705. The number of benzene rings is 1. The molecule has 136 valence electrons. The molecule has 1 aromatic rings. The molecule has 0 atom stereocenters. The minimum atomic E-state index is -0.801. The highest BCUT2D eigenvalue weighted by molar-refractivity contribution is 5.89. The largest absolute Gasteiger partial charge is 0.481 e. The molecule has 1 aromatic carbocycles. The summed E-state index contributed by atoms with van der Waals surface area (Å²) in [6.45, 7) is 0. The van der Waals surface area contributed by atoms with Gasteiger partial charge >= 0.3 is 18.0 Å². The van der Waals surface area contributed by atoms with E-state index < -0.39 is 23.8 Å². The van der Waals surface area contributed by atoms with E-state index in [0.29, 0.717) is 25.7 Å². The third-order valence-electron chi connectivity index (χ3n) is 4.29. The molecule has 0 bridgehead atoms. The van der Waals surface area contributed by atoms with E-state index in [-0.39, 0.29) is 29.6 Å². The predicted octanol–water partition coefficient (Wildman–Crippen LogP) is 2.31. The zero-order chi connectivity index (χ0) is 18.4. The van der Waals surface area contributed by atoms with E-state index in [1.54, 1.807) is 0 Å². The highest BCUT2D eigenvalue weighted by Crippen LogP contribution is 2.24. The van der Waals surface area contributed by atoms with Crippen LogP contribution in [-0.2, 0) is 20.7 Å². The first-order valence-corrected chi connectivity index (χ1v) is 8.04. The maximum atomic E-state index is 13.9. The number of urea groups is 1. The zero-order valence-electron chi connectivity index (χ0n) is 13.9. The number of anilines is 1. The maximum Gasteiger partial charge on any atom is 0.319 e. The number of esters is 1. The Morgan fingerprint density at radius 1 is 1.24 bits per heavy atom. The summed E-state index contributed by atoms with van der Waals surface area (Å²) in [5, 5.41) is 14.3. The van der Waals surface area contributed by atoms with E-state index in [4.69, 9.17) is 5.11 Å². The average Bonchev–Trinajstić information content (AvgIpc) is 2.57. The first-order valence-electron chi connectivity index (χ1n) is 8.04. The van der Waals surface area contributed by atoms with Gasteiger partial charge in [0, 0.05) is 11.7 Å². The second-order valence-electron chi connectivity index (χ2n) is 6.04. The van der Waals surface area contributed by atoms with E-state index in [1.807, 2.05) is 0 Å². The minimum absolute atomic E-state index is 0.0981. The summed E-state index contributed by atoms with van der Waals surface area (Å²) in [5.41, 5.74) is 0.452. The summed E-state index contributed by atoms with van der Waals surface area (Å²) in [7, 11) is 1.23. The molecule has 0 spiro atoms. The smallest absolute Gasteiger partial charge is 0.319 e. The molecular formula is C17H21FN2O5. The molecule has 2 rings (SSSR count). The normalized spacial score (nSPS) is 19.8. The Morgan fingerprint density at radius 3 is 2.48 bits per heavy atom. The minimum Gasteiger partial charge on any atom is -0.481 e. The van der Waals surface area contributed by atoms with Crippen molar-refractivity contribution in [2.24, 2.45) is 5.92 Å². The van der Waals surface area contributed by atoms with Crippen LogP contribution >= 0.6 is 0 Å². The van der Waals surface area contributed by atoms with Crippen molar-refractivity contribution in [3.05, 3.63) is 29.6 Å². The third kappa shape index (κ3) is 5.44. The van der Waals surface area contributed by atoms with Gasteiger partial charge in [-0.25, -0.2) is 9.18 Å². The van der Waals surface area contributed by atoms with Gasteiger partial charge in [0.2, 0.25) is 0 Å². The number of ether oxygens (including phenoxy) is 1. The van der Waals surface area contributed by atoms with Crippen molar-refractivity contribution in [3.63, 3.8) is 0 Å². The van der Waals surface area contributed by atoms with Crippen molar-refractivity contribution in [3.8, 4) is 0 Å². The Bertz CT molecular complexity index is 656. The molecule has 0 aromatic heterocycles. The van der Waals surface area contributed by atoms with E-state index in [1.165, 1.54) is 19.2 Å². The van der Waals surface area contributed by atoms with Crippen LogP contribution in [0.15, 0.2) is 18.2 Å². The van der Waals surface area contributed by atoms with Crippen molar-refractivity contribution in [2.75, 3.05) is 12.4 Å². The van der Waals surface area contributed by atoms with Gasteiger partial charge in [-0.3, -0.25) is 9.59 Å². The lowest BCUT2D eigenvalue weighted by atomic mass is 9.86. The second kappa shape index (κ2) is 8.46. The summed E-state index contributed by atoms with van der Waals surface area (Å²) >= 11 is 0. The van der Waals surface area contributed by atoms with Crippen LogP contribution in [0.2, 0.25) is 0 Å². The lowest BCUT2D eigenvalue weighted by molar-refractivity contribution is -0.143. The Hall–Kier alpha value is -2.64. The fourth-order valence-electron chi connectivity index (χ4n) is 2.83. The van der Waals surface area contributed by atoms with Crippen LogP contribution in [0.4, 0.5) is 14.9 Å². The molecule has 0 unspecified atom stereocenters. The Balaban J connectivity index is 1.85. The monoisotopic (exact) mass is 352 g/mol. The molecule has 25 heavy (non-hydrogen) atoms. The number of halogens is 1. The standard InChI is InChI=1S/C17H21FN2O5/c1-25-15(21)8-11-4-7-13(9-14(11)18)20-17(24)19-12-5-2-10(3-6-12)16(22)23/h4,7,9-10,12H,2-3,5-6,8H2,1H3,(H,22,23)(H2,19,20,24). The molecular weight excluding hydrogens is 331 g/mol. The fraction of sp³-hybridized carbons (Fsp3) is 0.471. The van der Waals surface area contributed by atoms with Crippen molar-refractivity contribution in [1.29, 1.82) is 0 Å². The number of carboxylic acids is 1. The van der Waals surface area contributed by atoms with Crippen LogP contribution in [0.1, 0.15) is 31.2 Å². The number of amides is 2. The Morgan fingerprint density at radius 2 is 1.92 bits per heavy atom. The number of methoxy groups -OCH3 is 1. The molecule has 1 saturated carbocycles. The van der Waals surface area contributed by atoms with E-state index in [0.717, 1.165) is 6.07 Å². The lowest BCUT2D eigenvalue weighted by Crippen LogP contribution is -2.41. The molecule has 3 N–H and O–H groups in total. The van der Waals surface area contributed by atoms with Crippen molar-refractivity contribution < 1.29 is 28.6 Å². The molecule has 0 radical (unpaired) electrons. The number of aliphatic carboxylic acids is 1. The van der Waals surface area contributed by atoms with E-state index in [2.05, 4.69) is 15.4 Å². The number of carboxylic acid groups (broad SMARTS) is 1. The molecule has 1 aliphatic rings. The summed E-state index contributed by atoms with van der Waals surface area (Å²) in [4.78, 5) is 34.1. The van der Waals surface area contributed by atoms with E-state index >= 15 is 0 Å². The number of carbonyl (C=O) groups is 3. The van der Waals surface area contributed by atoms with Crippen LogP contribution in [-0.4, -0.2) is 36.2 Å². The van der Waals surface area contributed by atoms with Crippen LogP contribution in [0.5, 0.6) is 0 Å². The third-order valence-corrected chi connectivity index (χ3v) is 4.29. The molecule has 0 aliphatic heterocycles. The molecule has 2 amide bonds. The summed E-state index contributed by atoms with van der Waals surface area (Å²) < 4.78 is 18.4. The number of nitrogens with one attached hydrogen (secondary N) is 2. The second-order valence-corrected chi connectivity index (χ2v) is 6.04. The summed E-state index contributed by atoms with van der Waals surface area (Å²) in [6.07, 6.45) is 2.06. The number of carbonyl (C=O) groups excluding carboxylic acids is 2. The van der Waals surface area contributed by atoms with Gasteiger partial charge in [0.05, 0.1) is 19.4 Å². The number of hydrogen-bond donors (Lipinski definition) is 3. The van der Waals surface area contributed by atoms with Gasteiger partial charge in [0.15, 0.2) is 0 Å². The van der Waals surface area contributed by atoms with Gasteiger partial charge in [0.25, 0.3) is 0 Å². The summed E-state index contributed by atoms with van der Waals surface area (Å²) in [5.74, 6) is -2.30. The highest BCUT2D eigenvalue weighted by Gasteiger charge is 2.26. The number of rotatable bonds is 5. The molecule has 1 aliphatic carbocycles. The summed E-state index contributed by atoms with van der Waals surface area (Å²) in [6, 6.07) is 3.49. The van der Waals surface area contributed by atoms with Crippen LogP contribution in [0.25, 0.3) is 0 Å². The van der Waals surface area contributed by atoms with Gasteiger partial charge in [-0.2, -0.15) is 0 Å². The van der Waals surface area contributed by atoms with Crippen molar-refractivity contribution in [1.82, 2.24) is 5.32 Å². The van der Waals surface area contributed by atoms with Gasteiger partial charge in [-0.1, -0.05) is 6.07 Å². The zero-order valence-corrected chi connectivity index (χ0v) is 13.9. The predicted molar refractivity (Wildman–Crippen MR) is 87.7 cm³/mol. The van der Waals surface area contributed by atoms with Crippen LogP contribution < -0.4 is 10.6 Å². The molecule has 0 saturated heterocycles. The molecule has 8 heteroatoms. The SMILES string of the molecule is COC(=O)Cc1ccc(NC(=O)NC2CCC(C(=O)O)CC2)cc1F. The van der Waals surface area contributed by atoms with Crippen molar-refractivity contribution >= 4 is 23.7 Å². The van der Waals surface area contributed by atoms with Crippen LogP contribution in [0, 0.1) is 11.7 Å². The topological polar surface area (TPSA) is 105 Å². The van der Waals surface area contributed by atoms with Gasteiger partial charge in [-0.15, -0.1) is 0 Å². The fourth-order valence-corrected chi connectivity index (χ4v) is 2.83. The molecule has 1 fully saturated rings. The lowest BCUT2D eigenvalue weighted by Gasteiger charge is -2.26.